The molecule has 2 N–H and O–H groups in total. The van der Waals surface area contributed by atoms with E-state index in [4.69, 9.17) is 26.9 Å². The zero-order chi connectivity index (χ0) is 19.9. The van der Waals surface area contributed by atoms with Crippen LogP contribution in [0.25, 0.3) is 0 Å². The summed E-state index contributed by atoms with van der Waals surface area (Å²) in [5.41, 5.74) is -1.42. The van der Waals surface area contributed by atoms with Crippen LogP contribution in [0.5, 0.6) is 0 Å². The Kier molecular flexibility index (Phi) is 3.83. The second-order valence-electron chi connectivity index (χ2n) is 5.75. The van der Waals surface area contributed by atoms with Gasteiger partial charge in [0.05, 0.1) is 8.66 Å². The highest BCUT2D eigenvalue weighted by molar-refractivity contribution is 5.71. The zero-order valence-electron chi connectivity index (χ0n) is 15.3. The smallest absolute Gasteiger partial charge is 0.463 e. The van der Waals surface area contributed by atoms with Crippen molar-refractivity contribution in [2.24, 2.45) is 11.1 Å². The summed E-state index contributed by atoms with van der Waals surface area (Å²) in [6, 6.07) is -0.572. The molecule has 0 aliphatic carbocycles. The number of hydrogen-bond donors (Lipinski definition) is 2. The van der Waals surface area contributed by atoms with Gasteiger partial charge in [-0.05, 0) is 0 Å². The highest BCUT2D eigenvalue weighted by Crippen LogP contribution is 2.37. The Morgan fingerprint density at radius 1 is 1.48 bits per heavy atom. The maximum absolute atomic E-state index is 12.3. The van der Waals surface area contributed by atoms with E-state index in [0.717, 1.165) is 4.57 Å². The van der Waals surface area contributed by atoms with E-state index in [1.165, 1.54) is 0 Å². The number of rotatable bonds is 4. The quantitative estimate of drug-likeness (QED) is 0.416. The number of H-pyrrole nitrogens is 1. The average Bonchev–Trinajstić information content (AvgIpc) is 3.14. The number of fused-ring (bicyclic) bond motifs is 1. The third kappa shape index (κ3) is 3.22. The summed E-state index contributed by atoms with van der Waals surface area (Å²) in [6.45, 7) is 3.04. The molecule has 1 aromatic rings. The molecule has 0 aromatic carbocycles. The molecule has 25 heavy (non-hydrogen) atoms. The summed E-state index contributed by atoms with van der Waals surface area (Å²) in [6.07, 6.45) is -5.90. The van der Waals surface area contributed by atoms with Crippen LogP contribution in [0.4, 0.5) is 4.79 Å². The van der Waals surface area contributed by atoms with Gasteiger partial charge in [0.15, 0.2) is 23.9 Å². The van der Waals surface area contributed by atoms with Gasteiger partial charge in [0.1, 0.15) is 12.7 Å². The van der Waals surface area contributed by atoms with E-state index < -0.39 is 60.1 Å². The van der Waals surface area contributed by atoms with E-state index >= 15 is 0 Å². The van der Waals surface area contributed by atoms with Crippen LogP contribution >= 0.6 is 0 Å². The fourth-order valence-electron chi connectivity index (χ4n) is 2.48. The molecule has 136 valence electrons. The number of carbonyl (C=O) groups is 2. The van der Waals surface area contributed by atoms with Gasteiger partial charge in [-0.25, -0.2) is 9.59 Å². The van der Waals surface area contributed by atoms with Crippen LogP contribution < -0.4 is 11.2 Å². The Morgan fingerprint density at radius 2 is 2.20 bits per heavy atom. The van der Waals surface area contributed by atoms with Crippen molar-refractivity contribution in [1.82, 2.24) is 9.55 Å². The summed E-state index contributed by atoms with van der Waals surface area (Å²) in [7, 11) is 0. The number of nitrogens with one attached hydrogen (secondary N) is 1. The van der Waals surface area contributed by atoms with Gasteiger partial charge in [-0.15, -0.1) is 0 Å². The lowest BCUT2D eigenvalue weighted by atomic mass is 10.1. The molecule has 4 atom stereocenters. The molecule has 2 saturated heterocycles. The van der Waals surface area contributed by atoms with Crippen molar-refractivity contribution < 1.29 is 36.5 Å². The molecule has 2 aliphatic rings. The highest BCUT2D eigenvalue weighted by Gasteiger charge is 2.55. The Bertz CT molecular complexity index is 895. The molecule has 0 spiro atoms. The second kappa shape index (κ2) is 6.59. The standard InChI is InChI=1S/C14H17N3O8/c1-6(2)12(18)22-5-7-9-10(25-14(20)24-9)11(23-7)17-4-3-8(16-21)15-13(17)19/h3-4,6-7,9-11,21H,5H2,1-2H3,(H,15,16,19)/t7-,9-,10-,11-/m1/s1/i3D,4D. The number of esters is 1. The first kappa shape index (κ1) is 14.5. The van der Waals surface area contributed by atoms with Crippen LogP contribution in [0, 0.1) is 5.92 Å². The molecule has 1 aromatic heterocycles. The minimum Gasteiger partial charge on any atom is -0.463 e. The molecule has 0 saturated carbocycles. The van der Waals surface area contributed by atoms with Crippen molar-refractivity contribution in [2.45, 2.75) is 38.4 Å². The van der Waals surface area contributed by atoms with E-state index in [1.807, 2.05) is 0 Å². The number of nitrogens with zero attached hydrogens (tertiary/aromatic N) is 2. The molecule has 2 fully saturated rings. The van der Waals surface area contributed by atoms with Crippen molar-refractivity contribution in [3.63, 3.8) is 0 Å². The normalized spacial score (nSPS) is 29.7. The SMILES string of the molecule is [2H]c1c([2H])n([C@@H]2O[C@H](COC(=O)C(C)C)[C@H]3OC(=O)O[C@H]32)c(=O)[nH]/c1=N\O. The lowest BCUT2D eigenvalue weighted by Gasteiger charge is -2.18. The molecule has 11 nitrogen and oxygen atoms in total. The number of ether oxygens (including phenoxy) is 4. The summed E-state index contributed by atoms with van der Waals surface area (Å²) < 4.78 is 37.3. The van der Waals surface area contributed by atoms with Crippen LogP contribution in [0.15, 0.2) is 22.2 Å². The zero-order valence-corrected chi connectivity index (χ0v) is 13.3. The number of aromatic nitrogens is 2. The van der Waals surface area contributed by atoms with E-state index in [0.29, 0.717) is 0 Å². The topological polar surface area (TPSA) is 141 Å². The lowest BCUT2D eigenvalue weighted by molar-refractivity contribution is -0.154. The Morgan fingerprint density at radius 3 is 2.88 bits per heavy atom. The summed E-state index contributed by atoms with van der Waals surface area (Å²) in [5, 5.41) is 11.5. The third-order valence-electron chi connectivity index (χ3n) is 3.70. The fourth-order valence-corrected chi connectivity index (χ4v) is 2.48. The molecule has 0 unspecified atom stereocenters. The van der Waals surface area contributed by atoms with E-state index in [2.05, 4.69) is 10.1 Å². The molecule has 0 radical (unpaired) electrons. The summed E-state index contributed by atoms with van der Waals surface area (Å²) in [4.78, 5) is 37.6. The monoisotopic (exact) mass is 357 g/mol. The molecular formula is C14H17N3O8. The van der Waals surface area contributed by atoms with Crippen molar-refractivity contribution in [3.8, 4) is 0 Å². The molecule has 0 bridgehead atoms. The predicted molar refractivity (Wildman–Crippen MR) is 77.3 cm³/mol. The third-order valence-corrected chi connectivity index (χ3v) is 3.70. The van der Waals surface area contributed by atoms with E-state index in [9.17, 15) is 14.4 Å². The highest BCUT2D eigenvalue weighted by atomic mass is 16.8. The van der Waals surface area contributed by atoms with Gasteiger partial charge in [-0.2, -0.15) is 0 Å². The first-order chi connectivity index (χ1) is 12.7. The van der Waals surface area contributed by atoms with Gasteiger partial charge in [-0.3, -0.25) is 14.3 Å². The van der Waals surface area contributed by atoms with Gasteiger partial charge in [0.2, 0.25) is 0 Å². The molecule has 11 heteroatoms. The predicted octanol–water partition coefficient (Wildman–Crippen LogP) is -0.533. The van der Waals surface area contributed by atoms with Crippen LogP contribution in [-0.2, 0) is 23.7 Å². The molecule has 2 aliphatic heterocycles. The van der Waals surface area contributed by atoms with Crippen molar-refractivity contribution in [3.05, 3.63) is 28.2 Å². The number of hydrogen-bond acceptors (Lipinski definition) is 9. The fraction of sp³-hybridized carbons (Fsp3) is 0.571. The molecular weight excluding hydrogens is 338 g/mol. The van der Waals surface area contributed by atoms with Gasteiger partial charge >= 0.3 is 17.8 Å². The minimum atomic E-state index is -1.29. The van der Waals surface area contributed by atoms with Crippen molar-refractivity contribution >= 4 is 12.1 Å². The Hall–Kier alpha value is -2.82. The van der Waals surface area contributed by atoms with Crippen molar-refractivity contribution in [1.29, 1.82) is 0 Å². The van der Waals surface area contributed by atoms with Gasteiger partial charge in [-0.1, -0.05) is 19.0 Å². The van der Waals surface area contributed by atoms with Crippen LogP contribution in [0.1, 0.15) is 22.8 Å². The summed E-state index contributed by atoms with van der Waals surface area (Å²) >= 11 is 0. The van der Waals surface area contributed by atoms with Crippen molar-refractivity contribution in [2.75, 3.05) is 6.61 Å². The average molecular weight is 357 g/mol. The van der Waals surface area contributed by atoms with E-state index in [-0.39, 0.29) is 12.5 Å². The first-order valence-corrected chi connectivity index (χ1v) is 7.44. The maximum Gasteiger partial charge on any atom is 0.509 e. The lowest BCUT2D eigenvalue weighted by Crippen LogP contribution is -2.36. The number of carbonyl (C=O) groups excluding carboxylic acids is 2. The Labute approximate surface area is 143 Å². The minimum absolute atomic E-state index is 0.255. The largest absolute Gasteiger partial charge is 0.509 e. The molecule has 0 amide bonds. The van der Waals surface area contributed by atoms with Crippen LogP contribution in [0.2, 0.25) is 0 Å². The van der Waals surface area contributed by atoms with Crippen LogP contribution in [-0.4, -0.2) is 51.8 Å². The maximum atomic E-state index is 12.3. The van der Waals surface area contributed by atoms with E-state index in [1.54, 1.807) is 13.8 Å². The van der Waals surface area contributed by atoms with Gasteiger partial charge in [0, 0.05) is 12.2 Å². The Balaban J connectivity index is 1.93. The first-order valence-electron chi connectivity index (χ1n) is 8.44. The molecule has 3 rings (SSSR count). The second-order valence-corrected chi connectivity index (χ2v) is 5.75. The summed E-state index contributed by atoms with van der Waals surface area (Å²) in [5.74, 6) is -0.865. The van der Waals surface area contributed by atoms with Crippen LogP contribution in [0.3, 0.4) is 0 Å². The van der Waals surface area contributed by atoms with Gasteiger partial charge < -0.3 is 24.2 Å². The van der Waals surface area contributed by atoms with Gasteiger partial charge in [0.25, 0.3) is 0 Å². The number of aromatic amines is 1. The molecule has 3 heterocycles.